The van der Waals surface area contributed by atoms with Crippen molar-refractivity contribution >= 4 is 11.6 Å². The molecule has 1 unspecified atom stereocenters. The molecule has 2 atom stereocenters. The van der Waals surface area contributed by atoms with E-state index in [-0.39, 0.29) is 16.9 Å². The molecule has 1 aromatic carbocycles. The van der Waals surface area contributed by atoms with E-state index in [1.165, 1.54) is 0 Å². The zero-order valence-electron chi connectivity index (χ0n) is 12.5. The maximum Gasteiger partial charge on any atom is 0.200 e. The lowest BCUT2D eigenvalue weighted by Crippen LogP contribution is -2.77. The molecule has 0 saturated carbocycles. The van der Waals surface area contributed by atoms with Crippen LogP contribution in [-0.2, 0) is 11.3 Å². The molecule has 0 aromatic heterocycles. The van der Waals surface area contributed by atoms with E-state index >= 15 is 4.48 Å². The van der Waals surface area contributed by atoms with E-state index in [2.05, 4.69) is 0 Å². The maximum atomic E-state index is 15.1. The van der Waals surface area contributed by atoms with Gasteiger partial charge in [0, 0.05) is 0 Å². The minimum absolute atomic E-state index is 0.100. The van der Waals surface area contributed by atoms with Crippen LogP contribution in [0.5, 0.6) is 0 Å². The highest BCUT2D eigenvalue weighted by atomic mass is 35.5. The Morgan fingerprint density at radius 1 is 1.24 bits per heavy atom. The summed E-state index contributed by atoms with van der Waals surface area (Å²) >= 11 is 6.15. The first-order chi connectivity index (χ1) is 10.1. The van der Waals surface area contributed by atoms with Gasteiger partial charge in [0.05, 0.1) is 6.61 Å². The summed E-state index contributed by atoms with van der Waals surface area (Å²) in [5, 5.41) is 0. The van der Waals surface area contributed by atoms with Crippen LogP contribution in [0.1, 0.15) is 12.5 Å². The molecule has 3 saturated heterocycles. The van der Waals surface area contributed by atoms with Crippen molar-refractivity contribution in [2.75, 3.05) is 38.7 Å². The number of quaternary nitrogens is 2. The van der Waals surface area contributed by atoms with Crippen molar-refractivity contribution in [3.05, 3.63) is 35.9 Å². The lowest BCUT2D eigenvalue weighted by Gasteiger charge is -2.53. The largest absolute Gasteiger partial charge is 0.367 e. The van der Waals surface area contributed by atoms with E-state index in [0.717, 1.165) is 29.7 Å². The Bertz CT molecular complexity index is 476. The number of hydrogen-bond donors (Lipinski definition) is 0. The fraction of sp³-hybridized carbons (Fsp3) is 0.625. The molecule has 0 radical (unpaired) electrons. The third-order valence-corrected chi connectivity index (χ3v) is 5.72. The van der Waals surface area contributed by atoms with Crippen molar-refractivity contribution in [1.29, 1.82) is 0 Å². The van der Waals surface area contributed by atoms with Gasteiger partial charge in [-0.25, -0.2) is 0 Å². The molecule has 4 rings (SSSR count). The van der Waals surface area contributed by atoms with E-state index in [1.54, 1.807) is 0 Å². The molecule has 3 nitrogen and oxygen atoms in total. The number of alkyl halides is 1. The molecule has 3 fully saturated rings. The van der Waals surface area contributed by atoms with Gasteiger partial charge in [0.25, 0.3) is 0 Å². The number of nitrogens with zero attached hydrogens (tertiary/aromatic N) is 2. The lowest BCUT2D eigenvalue weighted by molar-refractivity contribution is -1.16. The van der Waals surface area contributed by atoms with Crippen LogP contribution >= 0.6 is 11.6 Å². The van der Waals surface area contributed by atoms with Gasteiger partial charge in [0.2, 0.25) is 0 Å². The molecule has 21 heavy (non-hydrogen) atoms. The summed E-state index contributed by atoms with van der Waals surface area (Å²) in [6, 6.07) is 10.5. The number of halogens is 2. The van der Waals surface area contributed by atoms with Crippen LogP contribution in [0.15, 0.2) is 30.3 Å². The predicted octanol–water partition coefficient (Wildman–Crippen LogP) is 2.70. The molecule has 3 heterocycles. The topological polar surface area (TPSA) is 9.23 Å². The van der Waals surface area contributed by atoms with Gasteiger partial charge in [-0.15, -0.1) is 4.71 Å². The standard InChI is InChI=1S/C16H24ClFN2O/c1-14(21-12-15-5-3-2-4-6-15)16-11-19(13-17)7-9-20(16,18)10-8-19/h2-6,14,16H,7-13H2,1H3/q+2/t14-,16?,19?,20?/m1/s1. The van der Waals surface area contributed by atoms with E-state index < -0.39 is 0 Å². The zero-order valence-corrected chi connectivity index (χ0v) is 13.3. The summed E-state index contributed by atoms with van der Waals surface area (Å²) in [5.41, 5.74) is 1.13. The summed E-state index contributed by atoms with van der Waals surface area (Å²) in [7, 11) is 0. The highest BCUT2D eigenvalue weighted by molar-refractivity contribution is 6.17. The van der Waals surface area contributed by atoms with Gasteiger partial charge in [-0.2, -0.15) is 0 Å². The van der Waals surface area contributed by atoms with Crippen LogP contribution in [0, 0.1) is 0 Å². The Kier molecular flexibility index (Phi) is 4.23. The monoisotopic (exact) mass is 314 g/mol. The van der Waals surface area contributed by atoms with Crippen LogP contribution < -0.4 is 0 Å². The number of benzene rings is 1. The van der Waals surface area contributed by atoms with Crippen LogP contribution in [-0.4, -0.2) is 60.1 Å². The molecule has 1 aromatic rings. The Balaban J connectivity index is 1.65. The van der Waals surface area contributed by atoms with Crippen LogP contribution in [0.3, 0.4) is 0 Å². The van der Waals surface area contributed by atoms with Gasteiger partial charge in [-0.1, -0.05) is 41.9 Å². The molecule has 0 N–H and O–H groups in total. The van der Waals surface area contributed by atoms with Crippen molar-refractivity contribution in [1.82, 2.24) is 0 Å². The molecular weight excluding hydrogens is 291 g/mol. The number of fused-ring (bicyclic) bond motifs is 3. The fourth-order valence-corrected chi connectivity index (χ4v) is 3.98. The summed E-state index contributed by atoms with van der Waals surface area (Å²) < 4.78 is 21.6. The maximum absolute atomic E-state index is 15.1. The Morgan fingerprint density at radius 2 is 1.90 bits per heavy atom. The lowest BCUT2D eigenvalue weighted by atomic mass is 10.00. The smallest absolute Gasteiger partial charge is 0.200 e. The van der Waals surface area contributed by atoms with Crippen molar-refractivity contribution in [3.8, 4) is 0 Å². The zero-order chi connectivity index (χ0) is 14.9. The second-order valence-corrected chi connectivity index (χ2v) is 6.77. The quantitative estimate of drug-likeness (QED) is 0.351. The first-order valence-electron chi connectivity index (χ1n) is 7.70. The van der Waals surface area contributed by atoms with Gasteiger partial charge in [-0.05, 0) is 17.0 Å². The number of piperazine rings is 3. The van der Waals surface area contributed by atoms with Gasteiger partial charge in [0.15, 0.2) is 25.1 Å². The van der Waals surface area contributed by atoms with Crippen molar-refractivity contribution in [3.63, 3.8) is 0 Å². The fourth-order valence-electron chi connectivity index (χ4n) is 3.64. The SMILES string of the molecule is C[C@@H](OCc1ccccc1)C1C[N+]2(CCl)CC[N+]1(F)CC2. The average Bonchev–Trinajstić information content (AvgIpc) is 2.54. The Labute approximate surface area is 131 Å². The van der Waals surface area contributed by atoms with Gasteiger partial charge < -0.3 is 4.74 Å². The minimum Gasteiger partial charge on any atom is -0.367 e. The van der Waals surface area contributed by atoms with Gasteiger partial charge in [0.1, 0.15) is 25.7 Å². The third-order valence-electron chi connectivity index (χ3n) is 5.21. The molecule has 3 aliphatic heterocycles. The number of rotatable bonds is 5. The summed E-state index contributed by atoms with van der Waals surface area (Å²) in [4.78, 5) is 0. The van der Waals surface area contributed by atoms with Gasteiger partial charge >= 0.3 is 0 Å². The summed E-state index contributed by atoms with van der Waals surface area (Å²) in [6.07, 6.45) is -0.100. The minimum atomic E-state index is -0.340. The molecule has 5 heteroatoms. The van der Waals surface area contributed by atoms with Crippen LogP contribution in [0.4, 0.5) is 4.48 Å². The first kappa shape index (κ1) is 15.2. The Hall–Kier alpha value is -0.680. The highest BCUT2D eigenvalue weighted by Crippen LogP contribution is 2.35. The third kappa shape index (κ3) is 2.95. The Morgan fingerprint density at radius 3 is 2.52 bits per heavy atom. The number of hydrogen-bond acceptors (Lipinski definition) is 1. The van der Waals surface area contributed by atoms with E-state index in [9.17, 15) is 0 Å². The molecule has 3 aliphatic rings. The van der Waals surface area contributed by atoms with E-state index in [4.69, 9.17) is 16.3 Å². The second-order valence-electron chi connectivity index (χ2n) is 6.53. The molecule has 0 aliphatic carbocycles. The van der Waals surface area contributed by atoms with Crippen LogP contribution in [0.2, 0.25) is 0 Å². The van der Waals surface area contributed by atoms with E-state index in [1.807, 2.05) is 37.3 Å². The van der Waals surface area contributed by atoms with Crippen molar-refractivity contribution in [2.45, 2.75) is 25.7 Å². The molecule has 0 spiro atoms. The van der Waals surface area contributed by atoms with Crippen molar-refractivity contribution in [2.24, 2.45) is 0 Å². The van der Waals surface area contributed by atoms with Gasteiger partial charge in [-0.3, -0.25) is 4.48 Å². The second kappa shape index (κ2) is 5.84. The summed E-state index contributed by atoms with van der Waals surface area (Å²) in [6.45, 7) is 6.16. The van der Waals surface area contributed by atoms with Crippen LogP contribution in [0.25, 0.3) is 0 Å². The first-order valence-corrected chi connectivity index (χ1v) is 8.23. The highest BCUT2D eigenvalue weighted by Gasteiger charge is 2.59. The van der Waals surface area contributed by atoms with E-state index in [0.29, 0.717) is 25.7 Å². The molecular formula is C16H24ClFN2O+2. The average molecular weight is 315 g/mol. The molecule has 0 amide bonds. The normalized spacial score (nSPS) is 36.6. The predicted molar refractivity (Wildman–Crippen MR) is 81.2 cm³/mol. The number of ether oxygens (including phenoxy) is 1. The summed E-state index contributed by atoms with van der Waals surface area (Å²) in [5.74, 6) is 0. The molecule has 116 valence electrons. The molecule has 2 bridgehead atoms. The van der Waals surface area contributed by atoms with Crippen molar-refractivity contribution < 1.29 is 18.4 Å².